The van der Waals surface area contributed by atoms with E-state index in [-0.39, 0.29) is 54.5 Å². The molecule has 3 aliphatic carbocycles. The van der Waals surface area contributed by atoms with E-state index in [1.807, 2.05) is 132 Å². The number of aliphatic imine (C=N–C) groups is 4. The van der Waals surface area contributed by atoms with Crippen LogP contribution in [0.2, 0.25) is 20.1 Å². The first kappa shape index (κ1) is 103. The molecule has 770 valence electrons. The first-order valence-corrected chi connectivity index (χ1v) is 59.1. The summed E-state index contributed by atoms with van der Waals surface area (Å²) in [5.41, 5.74) is 13.0. The number of aryl methyl sites for hydroxylation is 4. The van der Waals surface area contributed by atoms with Gasteiger partial charge in [0.05, 0.1) is 43.8 Å². The van der Waals surface area contributed by atoms with Crippen LogP contribution in [0.5, 0.6) is 0 Å². The molecule has 148 heavy (non-hydrogen) atoms. The van der Waals surface area contributed by atoms with E-state index in [4.69, 9.17) is 66.4 Å². The lowest BCUT2D eigenvalue weighted by Gasteiger charge is -2.32. The summed E-state index contributed by atoms with van der Waals surface area (Å²) in [5, 5.41) is 29.4. The number of sulfonamides is 4. The zero-order valence-electron chi connectivity index (χ0n) is 80.1. The summed E-state index contributed by atoms with van der Waals surface area (Å²) in [6, 6.07) is 30.2. The Labute approximate surface area is 888 Å². The van der Waals surface area contributed by atoms with E-state index in [1.165, 1.54) is 93.9 Å². The molecule has 4 N–H and O–H groups in total. The molecule has 8 aliphatic heterocycles. The van der Waals surface area contributed by atoms with Gasteiger partial charge in [0, 0.05) is 263 Å². The smallest absolute Gasteiger partial charge is 0.217 e. The van der Waals surface area contributed by atoms with E-state index in [0.717, 1.165) is 74.4 Å². The summed E-state index contributed by atoms with van der Waals surface area (Å²) in [5.74, 6) is 0.727. The third-order valence-corrected chi connectivity index (χ3v) is 40.0. The maximum absolute atomic E-state index is 14.0. The van der Waals surface area contributed by atoms with Gasteiger partial charge in [-0.05, 0) is 124 Å². The Hall–Kier alpha value is -11.2. The van der Waals surface area contributed by atoms with Crippen molar-refractivity contribution in [3.05, 3.63) is 335 Å². The van der Waals surface area contributed by atoms with Gasteiger partial charge in [-0.15, -0.1) is 45.3 Å². The predicted octanol–water partition coefficient (Wildman–Crippen LogP) is 17.6. The summed E-state index contributed by atoms with van der Waals surface area (Å²) < 4.78 is 178. The number of benzene rings is 5. The summed E-state index contributed by atoms with van der Waals surface area (Å²) in [6.45, 7) is 3.44. The summed E-state index contributed by atoms with van der Waals surface area (Å²) in [7, 11) is -6.61. The Balaban J connectivity index is 0.000000116. The van der Waals surface area contributed by atoms with Gasteiger partial charge in [0.15, 0.2) is 43.4 Å². The highest BCUT2D eigenvalue weighted by Crippen LogP contribution is 2.53. The maximum atomic E-state index is 14.0. The Kier molecular flexibility index (Phi) is 29.0. The van der Waals surface area contributed by atoms with E-state index in [1.54, 1.807) is 86.8 Å². The Bertz CT molecular complexity index is 8030. The van der Waals surface area contributed by atoms with Crippen LogP contribution in [-0.4, -0.2) is 201 Å². The largest absolute Gasteiger partial charge is 0.326 e. The highest BCUT2D eigenvalue weighted by molar-refractivity contribution is 7.91. The molecule has 0 spiro atoms. The average molecular weight is 2240 g/mol. The molecule has 4 saturated heterocycles. The lowest BCUT2D eigenvalue weighted by atomic mass is 9.92. The summed E-state index contributed by atoms with van der Waals surface area (Å²) in [4.78, 5) is 46.5. The fourth-order valence-electron chi connectivity index (χ4n) is 20.4. The predicted molar refractivity (Wildman–Crippen MR) is 568 cm³/mol. The fraction of sp³-hybridized carbons (Fsp3) is 0.340. The van der Waals surface area contributed by atoms with Crippen molar-refractivity contribution in [3.63, 3.8) is 0 Å². The first-order valence-electron chi connectivity index (χ1n) is 47.8. The zero-order chi connectivity index (χ0) is 103. The number of amidine groups is 4. The van der Waals surface area contributed by atoms with Crippen molar-refractivity contribution in [2.45, 2.75) is 160 Å². The minimum atomic E-state index is -3.62. The number of thiazole rings is 4. The second-order valence-electron chi connectivity index (χ2n) is 38.1. The number of aromatic nitrogens is 12. The lowest BCUT2D eigenvalue weighted by molar-refractivity contribution is 0.458. The van der Waals surface area contributed by atoms with Gasteiger partial charge in [-0.1, -0.05) is 120 Å². The number of hydrogen-bond acceptors (Lipinski definition) is 28. The second kappa shape index (κ2) is 41.9. The highest BCUT2D eigenvalue weighted by Gasteiger charge is 2.54. The van der Waals surface area contributed by atoms with Crippen LogP contribution in [0.25, 0.3) is 22.3 Å². The molecule has 11 aliphatic rings. The van der Waals surface area contributed by atoms with Crippen molar-refractivity contribution < 1.29 is 51.2 Å². The fourth-order valence-corrected chi connectivity index (χ4v) is 30.5. The first-order chi connectivity index (χ1) is 71.0. The molecule has 0 amide bonds. The molecule has 16 heterocycles. The minimum Gasteiger partial charge on any atom is -0.326 e. The van der Waals surface area contributed by atoms with Gasteiger partial charge in [0.1, 0.15) is 47.4 Å². The normalized spacial score (nSPS) is 21.8. The number of nitrogens with zero attached hydrogens (tertiary/aromatic N) is 20. The molecular formula is C100H98Cl4F4N24O8S8. The molecule has 32 nitrogen and oxygen atoms in total. The minimum absolute atomic E-state index is 0.113. The SMILES string of the molecule is Cn1ccc(C2=C3C[C@H](NS(=O)(=O)C4(C)CC4)CN3C(c3nccs3)=NC2c2ccc(F)cc2Cl)n1.Cn1ccc(C2=C3C[C@H](NS(=O)(=O)C4CCC4)CN3C(c3nccs3)=N[C@H]2c2ccc(F)cc2Cl)n1.Cn1ccc(C2=C3C[C@H](NS(=O)(=O)C4CCCC4)CN3C(c3nccs3)=N[C@H]2c2ccc(F)cc2Cl)n1.Cn1ccc(C2=C3C[C@H](NS(=O)(=O)Cc4ccccc4)CN3C(c3nccs3)=N[C@H]2c2ccc(F)cc2Cl)n1. The molecular weight excluding hydrogens is 2140 g/mol. The molecule has 3 saturated carbocycles. The van der Waals surface area contributed by atoms with Gasteiger partial charge in [-0.2, -0.15) is 20.4 Å². The average Bonchev–Trinajstić information content (AvgIpc) is 1.56. The van der Waals surface area contributed by atoms with Crippen LogP contribution >= 0.6 is 91.8 Å². The quantitative estimate of drug-likeness (QED) is 0.0386. The lowest BCUT2D eigenvalue weighted by Crippen LogP contribution is -2.45. The Morgan fingerprint density at radius 3 is 0.905 bits per heavy atom. The van der Waals surface area contributed by atoms with Crippen molar-refractivity contribution in [2.75, 3.05) is 26.2 Å². The number of fused-ring (bicyclic) bond motifs is 4. The third kappa shape index (κ3) is 21.3. The summed E-state index contributed by atoms with van der Waals surface area (Å²) >= 11 is 32.0. The van der Waals surface area contributed by atoms with Crippen LogP contribution in [0.3, 0.4) is 0 Å². The van der Waals surface area contributed by atoms with Crippen LogP contribution in [0, 0.1) is 23.3 Å². The van der Waals surface area contributed by atoms with Crippen LogP contribution < -0.4 is 18.9 Å². The highest BCUT2D eigenvalue weighted by atomic mass is 35.5. The summed E-state index contributed by atoms with van der Waals surface area (Å²) in [6.07, 6.45) is 23.0. The molecule has 13 aromatic rings. The number of hydrogen-bond donors (Lipinski definition) is 4. The van der Waals surface area contributed by atoms with Gasteiger partial charge in [-0.3, -0.25) is 38.7 Å². The molecule has 48 heteroatoms. The van der Waals surface area contributed by atoms with Gasteiger partial charge < -0.3 is 19.6 Å². The van der Waals surface area contributed by atoms with E-state index >= 15 is 0 Å². The van der Waals surface area contributed by atoms with Crippen LogP contribution in [0.1, 0.15) is 185 Å². The molecule has 0 bridgehead atoms. The Morgan fingerprint density at radius 1 is 0.372 bits per heavy atom. The standard InChI is InChI=1S/C27H24ClFN6O2S2.C25H26ClFN6O2S2.2C24H24ClFN6O2S2/c1-34-11-9-22(32-34)24-23-14-19(33-39(36,37)16-17-5-3-2-4-6-17)15-35(23)26(27-30-10-12-38-27)31-25(24)20-8-7-18(29)13-21(20)28;1-32-10-8-20(30-32)22-21-13-16(31-37(34,35)17-4-2-3-5-17)14-33(21)24(25-28-9-11-36-25)29-23(22)18-7-6-15(27)12-19(18)26;1-24(6-7-24)36(33,34)30-15-12-19-20(18-5-9-31(2)29-18)21(16-4-3-14(26)11-17(16)25)28-22(32(19)13-15)23-27-8-10-35-23;1-31-9-7-19(29-31)21-20-12-15(30-36(33,34)16-3-2-4-16)13-32(20)23(24-27-8-10-35-24)28-22(21)17-6-5-14(26)11-18(17)25/h2-13,19,25,33H,14-16H2,1H3;6-12,16-17,23,31H,2-5,13-14H2,1H3;3-5,8-11,15,21,30H,6-7,12-13H2,1-2H3;5-11,15-16,22,30H,2-4,12-13H2,1H3/t19-,25-;16-,23-;15-,21?;15-,22-/m0000/s1. The van der Waals surface area contributed by atoms with E-state index in [0.29, 0.717) is 174 Å². The third-order valence-electron chi connectivity index (χ3n) is 27.9. The van der Waals surface area contributed by atoms with Crippen molar-refractivity contribution in [3.8, 4) is 0 Å². The Morgan fingerprint density at radius 2 is 0.655 bits per heavy atom. The van der Waals surface area contributed by atoms with Gasteiger partial charge in [0.25, 0.3) is 0 Å². The molecule has 1 unspecified atom stereocenters. The van der Waals surface area contributed by atoms with Crippen molar-refractivity contribution in [1.82, 2.24) is 97.5 Å². The van der Waals surface area contributed by atoms with Crippen LogP contribution in [-0.2, 0) is 74.0 Å². The van der Waals surface area contributed by atoms with E-state index in [9.17, 15) is 51.2 Å². The molecule has 8 atom stereocenters. The number of halogens is 8. The second-order valence-corrected chi connectivity index (χ2v) is 51.3. The monoisotopic (exact) mass is 2230 g/mol. The maximum Gasteiger partial charge on any atom is 0.217 e. The van der Waals surface area contributed by atoms with Crippen LogP contribution in [0.15, 0.2) is 241 Å². The molecule has 0 radical (unpaired) electrons. The van der Waals surface area contributed by atoms with Crippen molar-refractivity contribution >= 4 is 177 Å². The van der Waals surface area contributed by atoms with Crippen LogP contribution in [0.4, 0.5) is 17.6 Å². The topological polar surface area (TPSA) is 370 Å². The van der Waals surface area contributed by atoms with E-state index in [2.05, 4.69) is 64.1 Å². The zero-order valence-corrected chi connectivity index (χ0v) is 89.6. The van der Waals surface area contributed by atoms with Gasteiger partial charge in [0.2, 0.25) is 40.1 Å². The molecule has 5 aromatic carbocycles. The van der Waals surface area contributed by atoms with Gasteiger partial charge in [-0.25, -0.2) is 90.1 Å². The van der Waals surface area contributed by atoms with Gasteiger partial charge >= 0.3 is 0 Å². The van der Waals surface area contributed by atoms with Crippen molar-refractivity contribution in [2.24, 2.45) is 48.2 Å². The van der Waals surface area contributed by atoms with Crippen molar-refractivity contribution in [1.29, 1.82) is 0 Å². The molecule has 7 fully saturated rings. The number of nitrogens with one attached hydrogen (secondary N) is 4. The van der Waals surface area contributed by atoms with E-state index < -0.39 is 98.3 Å². The molecule has 24 rings (SSSR count). The number of rotatable bonds is 25. The molecule has 8 aromatic heterocycles.